The molecule has 0 fully saturated rings. The van der Waals surface area contributed by atoms with Crippen LogP contribution >= 0.6 is 11.5 Å². The molecular weight excluding hydrogens is 326 g/mol. The van der Waals surface area contributed by atoms with Crippen LogP contribution in [0.25, 0.3) is 0 Å². The maximum atomic E-state index is 12.3. The molecule has 0 saturated carbocycles. The van der Waals surface area contributed by atoms with E-state index in [1.807, 2.05) is 30.3 Å². The number of nitrogens with zero attached hydrogens (tertiary/aromatic N) is 4. The van der Waals surface area contributed by atoms with Gasteiger partial charge in [-0.15, -0.1) is 5.10 Å². The molecule has 1 aromatic carbocycles. The van der Waals surface area contributed by atoms with E-state index < -0.39 is 0 Å². The first-order valence-electron chi connectivity index (χ1n) is 7.23. The lowest BCUT2D eigenvalue weighted by Crippen LogP contribution is -2.15. The molecule has 7 nitrogen and oxygen atoms in total. The molecule has 24 heavy (non-hydrogen) atoms. The summed E-state index contributed by atoms with van der Waals surface area (Å²) in [7, 11) is 0. The van der Waals surface area contributed by atoms with Gasteiger partial charge < -0.3 is 10.1 Å². The number of carbonyl (C=O) groups is 1. The highest BCUT2D eigenvalue weighted by molar-refractivity contribution is 7.08. The summed E-state index contributed by atoms with van der Waals surface area (Å²) in [6.07, 6.45) is 0. The van der Waals surface area contributed by atoms with Crippen LogP contribution in [-0.2, 0) is 0 Å². The fourth-order valence-electron chi connectivity index (χ4n) is 2.12. The summed E-state index contributed by atoms with van der Waals surface area (Å²) in [4.78, 5) is 21.4. The van der Waals surface area contributed by atoms with Gasteiger partial charge >= 0.3 is 6.01 Å². The third-order valence-electron chi connectivity index (χ3n) is 3.30. The minimum Gasteiger partial charge on any atom is -0.424 e. The third kappa shape index (κ3) is 3.38. The van der Waals surface area contributed by atoms with Crippen LogP contribution in [0.5, 0.6) is 11.8 Å². The topological polar surface area (TPSA) is 89.9 Å². The van der Waals surface area contributed by atoms with Crippen LogP contribution in [0.4, 0.5) is 5.69 Å². The van der Waals surface area contributed by atoms with Crippen LogP contribution in [0.3, 0.4) is 0 Å². The van der Waals surface area contributed by atoms with Crippen molar-refractivity contribution in [2.75, 3.05) is 5.32 Å². The molecule has 2 aromatic heterocycles. The Morgan fingerprint density at radius 2 is 1.71 bits per heavy atom. The molecule has 0 aliphatic carbocycles. The number of amides is 1. The van der Waals surface area contributed by atoms with Crippen molar-refractivity contribution in [3.8, 4) is 11.8 Å². The Bertz CT molecular complexity index is 856. The summed E-state index contributed by atoms with van der Waals surface area (Å²) in [5.41, 5.74) is 2.40. The zero-order chi connectivity index (χ0) is 17.1. The number of nitrogens with one attached hydrogen (secondary N) is 1. The van der Waals surface area contributed by atoms with Crippen molar-refractivity contribution in [3.63, 3.8) is 0 Å². The van der Waals surface area contributed by atoms with E-state index in [2.05, 4.69) is 24.9 Å². The number of rotatable bonds is 4. The second-order valence-corrected chi connectivity index (χ2v) is 5.86. The highest BCUT2D eigenvalue weighted by atomic mass is 32.1. The van der Waals surface area contributed by atoms with Gasteiger partial charge in [0.25, 0.3) is 5.91 Å². The monoisotopic (exact) mass is 341 g/mol. The predicted molar refractivity (Wildman–Crippen MR) is 90.6 cm³/mol. The number of para-hydroxylation sites is 1. The molecule has 3 aromatic rings. The second-order valence-electron chi connectivity index (χ2n) is 5.11. The Hall–Kier alpha value is -2.87. The highest BCUT2D eigenvalue weighted by Gasteiger charge is 2.17. The molecule has 1 amide bonds. The van der Waals surface area contributed by atoms with Gasteiger partial charge in [-0.3, -0.25) is 4.79 Å². The summed E-state index contributed by atoms with van der Waals surface area (Å²) in [6.45, 7) is 5.32. The Labute approximate surface area is 142 Å². The zero-order valence-corrected chi connectivity index (χ0v) is 14.2. The van der Waals surface area contributed by atoms with E-state index in [1.54, 1.807) is 20.8 Å². The van der Waals surface area contributed by atoms with Crippen molar-refractivity contribution in [3.05, 3.63) is 52.3 Å². The second kappa shape index (κ2) is 6.71. The molecule has 2 heterocycles. The molecule has 0 aliphatic rings. The molecule has 0 saturated heterocycles. The molecule has 3 rings (SSSR count). The van der Waals surface area contributed by atoms with Crippen LogP contribution in [0.1, 0.15) is 26.8 Å². The summed E-state index contributed by atoms with van der Waals surface area (Å²) < 4.78 is 9.41. The highest BCUT2D eigenvalue weighted by Crippen LogP contribution is 2.24. The van der Waals surface area contributed by atoms with Crippen LogP contribution < -0.4 is 10.1 Å². The largest absolute Gasteiger partial charge is 0.424 e. The molecule has 0 unspecified atom stereocenters. The van der Waals surface area contributed by atoms with Gasteiger partial charge in [0, 0.05) is 0 Å². The summed E-state index contributed by atoms with van der Waals surface area (Å²) in [5.74, 6) is 0.383. The number of hydrogen-bond donors (Lipinski definition) is 1. The van der Waals surface area contributed by atoms with Gasteiger partial charge in [-0.05, 0) is 44.4 Å². The number of aromatic nitrogens is 4. The maximum absolute atomic E-state index is 12.3. The normalized spacial score (nSPS) is 10.5. The average Bonchev–Trinajstić information content (AvgIpc) is 2.98. The van der Waals surface area contributed by atoms with Crippen molar-refractivity contribution in [1.82, 2.24) is 19.6 Å². The smallest absolute Gasteiger partial charge is 0.322 e. The molecule has 122 valence electrons. The van der Waals surface area contributed by atoms with Gasteiger partial charge in [-0.2, -0.15) is 9.97 Å². The maximum Gasteiger partial charge on any atom is 0.322 e. The van der Waals surface area contributed by atoms with E-state index in [9.17, 15) is 4.79 Å². The van der Waals surface area contributed by atoms with Crippen LogP contribution in [0.2, 0.25) is 0 Å². The van der Waals surface area contributed by atoms with Gasteiger partial charge in [-0.1, -0.05) is 22.7 Å². The van der Waals surface area contributed by atoms with E-state index in [0.717, 1.165) is 11.5 Å². The van der Waals surface area contributed by atoms with Gasteiger partial charge in [0.05, 0.1) is 22.8 Å². The molecule has 1 N–H and O–H groups in total. The van der Waals surface area contributed by atoms with Gasteiger partial charge in [0.2, 0.25) is 0 Å². The van der Waals surface area contributed by atoms with E-state index in [4.69, 9.17) is 4.74 Å². The third-order valence-corrected chi connectivity index (χ3v) is 4.13. The lowest BCUT2D eigenvalue weighted by Gasteiger charge is -2.12. The molecule has 0 atom stereocenters. The fourth-order valence-corrected chi connectivity index (χ4v) is 2.67. The Balaban J connectivity index is 1.83. The number of anilines is 1. The van der Waals surface area contributed by atoms with Gasteiger partial charge in [0.15, 0.2) is 0 Å². The first kappa shape index (κ1) is 16.0. The molecule has 0 bridgehead atoms. The lowest BCUT2D eigenvalue weighted by molar-refractivity contribution is 0.102. The number of carbonyl (C=O) groups excluding carboxylic acids is 1. The van der Waals surface area contributed by atoms with E-state index in [-0.39, 0.29) is 11.9 Å². The predicted octanol–water partition coefficient (Wildman–Crippen LogP) is 3.30. The molecule has 0 radical (unpaired) electrons. The first-order chi connectivity index (χ1) is 11.5. The van der Waals surface area contributed by atoms with Crippen molar-refractivity contribution in [2.45, 2.75) is 20.8 Å². The summed E-state index contributed by atoms with van der Waals surface area (Å²) >= 11 is 1.05. The Kier molecular flexibility index (Phi) is 4.48. The number of aryl methyl sites for hydroxylation is 3. The van der Waals surface area contributed by atoms with Crippen molar-refractivity contribution in [2.24, 2.45) is 0 Å². The van der Waals surface area contributed by atoms with Crippen LogP contribution in [-0.4, -0.2) is 25.5 Å². The Morgan fingerprint density at radius 3 is 2.29 bits per heavy atom. The molecule has 0 spiro atoms. The van der Waals surface area contributed by atoms with Crippen molar-refractivity contribution < 1.29 is 9.53 Å². The summed E-state index contributed by atoms with van der Waals surface area (Å²) in [6, 6.07) is 9.53. The summed E-state index contributed by atoms with van der Waals surface area (Å²) in [5, 5.41) is 6.67. The number of benzene rings is 1. The minimum atomic E-state index is -0.269. The molecule has 8 heteroatoms. The van der Waals surface area contributed by atoms with E-state index in [1.165, 1.54) is 0 Å². The van der Waals surface area contributed by atoms with E-state index >= 15 is 0 Å². The molecular formula is C16H15N5O2S. The average molecular weight is 341 g/mol. The van der Waals surface area contributed by atoms with Crippen LogP contribution in [0.15, 0.2) is 30.3 Å². The Morgan fingerprint density at radius 1 is 1.04 bits per heavy atom. The van der Waals surface area contributed by atoms with E-state index in [0.29, 0.717) is 33.4 Å². The minimum absolute atomic E-state index is 0.241. The fraction of sp³-hybridized carbons (Fsp3) is 0.188. The van der Waals surface area contributed by atoms with Gasteiger partial charge in [-0.25, -0.2) is 0 Å². The molecule has 0 aliphatic heterocycles. The SMILES string of the molecule is Cc1nnsc1C(=O)Nc1c(C)nc(Oc2ccccc2)nc1C. The zero-order valence-electron chi connectivity index (χ0n) is 13.4. The number of hydrogen-bond acceptors (Lipinski definition) is 7. The van der Waals surface area contributed by atoms with Crippen LogP contribution in [0, 0.1) is 20.8 Å². The standard InChI is InChI=1S/C16H15N5O2S/c1-9-13(19-15(22)14-11(3)20-21-24-14)10(2)18-16(17-9)23-12-7-5-4-6-8-12/h4-8H,1-3H3,(H,19,22). The lowest BCUT2D eigenvalue weighted by atomic mass is 10.2. The number of ether oxygens (including phenoxy) is 1. The first-order valence-corrected chi connectivity index (χ1v) is 8.00. The van der Waals surface area contributed by atoms with Crippen molar-refractivity contribution >= 4 is 23.1 Å². The van der Waals surface area contributed by atoms with Crippen molar-refractivity contribution in [1.29, 1.82) is 0 Å². The van der Waals surface area contributed by atoms with Gasteiger partial charge in [0.1, 0.15) is 10.6 Å². The quantitative estimate of drug-likeness (QED) is 0.783.